The molecule has 0 aromatic heterocycles. The minimum Gasteiger partial charge on any atom is -0.480 e. The van der Waals surface area contributed by atoms with Crippen LogP contribution in [0.3, 0.4) is 0 Å². The highest BCUT2D eigenvalue weighted by Crippen LogP contribution is 2.35. The molecule has 3 saturated heterocycles. The van der Waals surface area contributed by atoms with Crippen LogP contribution in [0.2, 0.25) is 0 Å². The fourth-order valence-electron chi connectivity index (χ4n) is 6.95. The SMILES string of the molecule is CN1CCN2CCN3C(Cc4ccc(NC(=S)NCCCCCCNC(=O)CNC(=O)CCC(NC(=O)NCC(=O)O)C(=O)O)cc4)CN(CC1)[N+]23C. The number of carbonyl (C=O) groups excluding carboxylic acids is 3. The van der Waals surface area contributed by atoms with E-state index < -0.39 is 36.5 Å². The van der Waals surface area contributed by atoms with Gasteiger partial charge in [0.15, 0.2) is 5.11 Å². The van der Waals surface area contributed by atoms with E-state index in [0.29, 0.717) is 17.7 Å². The Labute approximate surface area is 316 Å². The van der Waals surface area contributed by atoms with Crippen molar-refractivity contribution < 1.29 is 39.0 Å². The van der Waals surface area contributed by atoms with E-state index in [0.717, 1.165) is 95.0 Å². The Kier molecular flexibility index (Phi) is 16.0. The molecule has 1 aromatic carbocycles. The van der Waals surface area contributed by atoms with Crippen LogP contribution in [0.25, 0.3) is 0 Å². The maximum Gasteiger partial charge on any atom is 0.326 e. The molecule has 18 nitrogen and oxygen atoms in total. The number of anilines is 1. The highest BCUT2D eigenvalue weighted by Gasteiger charge is 2.58. The number of thiocarbonyl (C=S) groups is 1. The third kappa shape index (κ3) is 12.7. The number of likely N-dealkylation sites (N-methyl/N-ethyl adjacent to an activating group) is 1. The van der Waals surface area contributed by atoms with Gasteiger partial charge in [-0.15, -0.1) is 15.0 Å². The summed E-state index contributed by atoms with van der Waals surface area (Å²) in [6, 6.07) is 6.66. The summed E-state index contributed by atoms with van der Waals surface area (Å²) in [5.74, 6) is -3.58. The first-order valence-electron chi connectivity index (χ1n) is 18.3. The molecular formula is C34H56N11O7S+. The summed E-state index contributed by atoms with van der Waals surface area (Å²) in [4.78, 5) is 60.8. The zero-order chi connectivity index (χ0) is 38.4. The largest absolute Gasteiger partial charge is 0.480 e. The molecule has 3 heterocycles. The molecule has 0 saturated carbocycles. The van der Waals surface area contributed by atoms with Crippen molar-refractivity contribution in [3.8, 4) is 0 Å². The predicted molar refractivity (Wildman–Crippen MR) is 201 cm³/mol. The van der Waals surface area contributed by atoms with Crippen molar-refractivity contribution in [1.29, 1.82) is 0 Å². The molecule has 4 amide bonds. The van der Waals surface area contributed by atoms with Crippen LogP contribution in [-0.2, 0) is 25.6 Å². The number of unbranched alkanes of at least 4 members (excludes halogenated alkanes) is 3. The number of nitrogens with zero attached hydrogens (tertiary/aromatic N) is 5. The van der Waals surface area contributed by atoms with E-state index in [9.17, 15) is 29.1 Å². The van der Waals surface area contributed by atoms with Gasteiger partial charge in [-0.2, -0.15) is 0 Å². The molecule has 3 unspecified atom stereocenters. The zero-order valence-electron chi connectivity index (χ0n) is 30.8. The number of rotatable bonds is 19. The van der Waals surface area contributed by atoms with E-state index in [4.69, 9.17) is 17.3 Å². The average Bonchev–Trinajstić information content (AvgIpc) is 3.58. The quantitative estimate of drug-likeness (QED) is 0.0501. The fourth-order valence-corrected chi connectivity index (χ4v) is 7.17. The summed E-state index contributed by atoms with van der Waals surface area (Å²) in [5.41, 5.74) is 2.27. The lowest BCUT2D eigenvalue weighted by Gasteiger charge is -2.44. The molecule has 53 heavy (non-hydrogen) atoms. The molecule has 4 rings (SSSR count). The van der Waals surface area contributed by atoms with Crippen molar-refractivity contribution in [2.45, 2.75) is 57.0 Å². The van der Waals surface area contributed by atoms with Gasteiger partial charge in [-0.1, -0.05) is 29.8 Å². The average molecular weight is 763 g/mol. The first-order valence-corrected chi connectivity index (χ1v) is 18.7. The number of benzene rings is 1. The third-order valence-corrected chi connectivity index (χ3v) is 10.2. The van der Waals surface area contributed by atoms with Crippen LogP contribution >= 0.6 is 12.2 Å². The Morgan fingerprint density at radius 2 is 1.49 bits per heavy atom. The molecule has 0 aliphatic carbocycles. The van der Waals surface area contributed by atoms with Crippen LogP contribution < -0.4 is 31.9 Å². The number of nitrogens with one attached hydrogen (secondary N) is 6. The Bertz CT molecular complexity index is 1440. The van der Waals surface area contributed by atoms with Crippen LogP contribution in [0.1, 0.15) is 44.1 Å². The van der Waals surface area contributed by atoms with Gasteiger partial charge in [-0.05, 0) is 62.6 Å². The Balaban J connectivity index is 1.02. The number of hydrogen-bond acceptors (Lipinski definition) is 10. The van der Waals surface area contributed by atoms with Gasteiger partial charge in [0.2, 0.25) is 11.8 Å². The monoisotopic (exact) mass is 762 g/mol. The van der Waals surface area contributed by atoms with Crippen LogP contribution in [0, 0.1) is 0 Å². The van der Waals surface area contributed by atoms with Gasteiger partial charge in [-0.3, -0.25) is 14.4 Å². The smallest absolute Gasteiger partial charge is 0.326 e. The lowest BCUT2D eigenvalue weighted by atomic mass is 10.1. The second-order valence-electron chi connectivity index (χ2n) is 13.8. The van der Waals surface area contributed by atoms with E-state index in [1.807, 2.05) is 5.32 Å². The van der Waals surface area contributed by atoms with Gasteiger partial charge >= 0.3 is 18.0 Å². The second-order valence-corrected chi connectivity index (χ2v) is 14.2. The molecule has 0 radical (unpaired) electrons. The predicted octanol–water partition coefficient (Wildman–Crippen LogP) is -0.636. The van der Waals surface area contributed by atoms with Gasteiger partial charge in [-0.25, -0.2) is 9.59 Å². The Hall–Kier alpha value is -4.14. The Morgan fingerprint density at radius 3 is 2.17 bits per heavy atom. The van der Waals surface area contributed by atoms with Gasteiger partial charge in [0.25, 0.3) is 0 Å². The number of amides is 4. The summed E-state index contributed by atoms with van der Waals surface area (Å²) < 4.78 is 0. The molecule has 3 atom stereocenters. The number of carboxylic acids is 2. The van der Waals surface area contributed by atoms with E-state index >= 15 is 0 Å². The number of aliphatic carboxylic acids is 2. The summed E-state index contributed by atoms with van der Waals surface area (Å²) in [6.45, 7) is 7.86. The number of quaternary nitrogens is 1. The number of carbonyl (C=O) groups is 5. The van der Waals surface area contributed by atoms with Crippen molar-refractivity contribution in [3.63, 3.8) is 0 Å². The highest BCUT2D eigenvalue weighted by molar-refractivity contribution is 7.80. The van der Waals surface area contributed by atoms with E-state index in [-0.39, 0.29) is 25.3 Å². The molecule has 0 spiro atoms. The topological polar surface area (TPSA) is 211 Å². The molecular weight excluding hydrogens is 707 g/mol. The van der Waals surface area contributed by atoms with Crippen molar-refractivity contribution >= 4 is 52.8 Å². The lowest BCUT2D eigenvalue weighted by Crippen LogP contribution is -2.67. The van der Waals surface area contributed by atoms with Gasteiger partial charge in [0.05, 0.1) is 45.3 Å². The van der Waals surface area contributed by atoms with E-state index in [1.54, 1.807) is 0 Å². The molecule has 0 bridgehead atoms. The summed E-state index contributed by atoms with van der Waals surface area (Å²) in [6.07, 6.45) is 4.07. The lowest BCUT2D eigenvalue weighted by molar-refractivity contribution is -1.17. The van der Waals surface area contributed by atoms with Crippen molar-refractivity contribution in [3.05, 3.63) is 29.8 Å². The molecule has 3 fully saturated rings. The molecule has 19 heteroatoms. The molecule has 294 valence electrons. The van der Waals surface area contributed by atoms with Crippen LogP contribution in [0.5, 0.6) is 0 Å². The fraction of sp³-hybridized carbons (Fsp3) is 0.647. The first-order chi connectivity index (χ1) is 25.3. The molecule has 1 aromatic rings. The van der Waals surface area contributed by atoms with E-state index in [2.05, 4.69) is 84.9 Å². The maximum absolute atomic E-state index is 12.1. The van der Waals surface area contributed by atoms with Crippen molar-refractivity contribution in [2.75, 3.05) is 91.4 Å². The number of hydrogen-bond donors (Lipinski definition) is 8. The molecule has 3 aliphatic heterocycles. The van der Waals surface area contributed by atoms with Crippen molar-refractivity contribution in [2.24, 2.45) is 0 Å². The number of carboxylic acid groups (broad SMARTS) is 2. The maximum atomic E-state index is 12.1. The Morgan fingerprint density at radius 1 is 0.830 bits per heavy atom. The standard InChI is InChI=1S/C34H55N11O7S/c1-41-15-17-42-19-20-44-27(24-43(18-16-41)45(42,44)2)21-25-7-9-26(10-8-25)39-34(53)36-14-6-4-3-5-13-35-30(47)22-37-29(46)12-11-28(32(50)51)40-33(52)38-23-31(48)49/h7-10,27-28H,3-6,11-24H2,1-2H3,(H7-,35,36,37,38,39,40,46,47,48,49,50,51,52,53)/p+1. The van der Waals surface area contributed by atoms with Crippen molar-refractivity contribution in [1.82, 2.24) is 46.5 Å². The summed E-state index contributed by atoms with van der Waals surface area (Å²) >= 11 is 5.50. The van der Waals surface area contributed by atoms with Crippen LogP contribution in [0.4, 0.5) is 10.5 Å². The summed E-state index contributed by atoms with van der Waals surface area (Å²) in [7, 11) is 4.57. The van der Waals surface area contributed by atoms with Gasteiger partial charge in [0.1, 0.15) is 19.6 Å². The van der Waals surface area contributed by atoms with Gasteiger partial charge in [0, 0.05) is 38.3 Å². The third-order valence-electron chi connectivity index (χ3n) is 9.97. The van der Waals surface area contributed by atoms with Crippen LogP contribution in [-0.4, -0.2) is 168 Å². The summed E-state index contributed by atoms with van der Waals surface area (Å²) in [5, 5.41) is 42.0. The first kappa shape index (κ1) is 41.6. The second kappa shape index (κ2) is 20.4. The minimum atomic E-state index is -1.40. The minimum absolute atomic E-state index is 0.235. The van der Waals surface area contributed by atoms with E-state index in [1.165, 1.54) is 5.56 Å². The van der Waals surface area contributed by atoms with Crippen LogP contribution in [0.15, 0.2) is 24.3 Å². The molecule has 8 N–H and O–H groups in total. The zero-order valence-corrected chi connectivity index (χ0v) is 31.6. The molecule has 3 aliphatic rings. The highest BCUT2D eigenvalue weighted by atomic mass is 32.1. The van der Waals surface area contributed by atoms with Gasteiger partial charge < -0.3 is 47.0 Å². The number of urea groups is 1. The normalized spacial score (nSPS) is 21.1.